The van der Waals surface area contributed by atoms with Gasteiger partial charge in [-0.05, 0) is 93.1 Å². The second-order valence-corrected chi connectivity index (χ2v) is 13.1. The molecule has 1 aliphatic carbocycles. The predicted molar refractivity (Wildman–Crippen MR) is 144 cm³/mol. The molecule has 2 fully saturated rings. The first-order valence-electron chi connectivity index (χ1n) is 13.8. The van der Waals surface area contributed by atoms with Crippen molar-refractivity contribution in [3.05, 3.63) is 70.5 Å². The minimum Gasteiger partial charge on any atom is -0.370 e. The molecule has 0 radical (unpaired) electrons. The number of sulfonamides is 1. The monoisotopic (exact) mass is 638 g/mol. The molecule has 1 saturated carbocycles. The molecule has 4 rings (SSSR count). The molecule has 2 aliphatic rings. The summed E-state index contributed by atoms with van der Waals surface area (Å²) < 4.78 is 125. The van der Waals surface area contributed by atoms with E-state index in [1.54, 1.807) is 12.1 Å². The van der Waals surface area contributed by atoms with E-state index in [1.165, 1.54) is 19.1 Å². The number of carbonyl (C=O) groups excluding carboxylic acids is 1. The average molecular weight is 639 g/mol. The Bertz CT molecular complexity index is 1360. The summed E-state index contributed by atoms with van der Waals surface area (Å²) in [4.78, 5) is 14.4. The molecule has 0 aromatic heterocycles. The van der Waals surface area contributed by atoms with Gasteiger partial charge in [0, 0.05) is 18.4 Å². The number of nitrogens with zero attached hydrogens (tertiary/aromatic N) is 1. The highest BCUT2D eigenvalue weighted by atomic mass is 32.2. The maximum absolute atomic E-state index is 13.8. The van der Waals surface area contributed by atoms with Crippen LogP contribution >= 0.6 is 0 Å². The van der Waals surface area contributed by atoms with Gasteiger partial charge in [0.15, 0.2) is 0 Å². The van der Waals surface area contributed by atoms with Crippen molar-refractivity contribution in [3.63, 3.8) is 0 Å². The lowest BCUT2D eigenvalue weighted by atomic mass is 9.86. The smallest absolute Gasteiger partial charge is 0.370 e. The van der Waals surface area contributed by atoms with Crippen LogP contribution in [-0.2, 0) is 31.9 Å². The van der Waals surface area contributed by atoms with Crippen LogP contribution in [0, 0.1) is 17.7 Å². The van der Waals surface area contributed by atoms with E-state index < -0.39 is 63.4 Å². The third-order valence-corrected chi connectivity index (χ3v) is 8.75. The molecule has 1 saturated heterocycles. The summed E-state index contributed by atoms with van der Waals surface area (Å²) in [6.07, 6.45) is -8.69. The molecule has 2 aromatic carbocycles. The fourth-order valence-electron chi connectivity index (χ4n) is 6.10. The molecule has 3 unspecified atom stereocenters. The van der Waals surface area contributed by atoms with Gasteiger partial charge in [-0.25, -0.2) is 12.8 Å². The predicted octanol–water partition coefficient (Wildman–Crippen LogP) is 6.29. The molecule has 14 heteroatoms. The lowest BCUT2D eigenvalue weighted by Gasteiger charge is -2.35. The number of rotatable bonds is 8. The number of likely N-dealkylation sites (tertiary alicyclic amines) is 1. The first-order chi connectivity index (χ1) is 19.9. The molecule has 1 aliphatic heterocycles. The standard InChI is InChI=1S/C29H33F7N2O4S/c1-17(21-13-22(28(31,32)33)15-23(14-21)29(34,35)36)42-25-8-5-20(26(25)18-3-6-24(30)7-4-18)16-38-11-9-19(10-12-38)27(39)37-43(2,40)41/h3-4,6-7,13-15,17,19-20,25-26H,5,8-12,16H2,1-2H3,(H,37,39)/t17-,20?,25?,26?/m0/s1. The minimum atomic E-state index is -4.98. The topological polar surface area (TPSA) is 75.7 Å². The van der Waals surface area contributed by atoms with Crippen LogP contribution < -0.4 is 4.72 Å². The Morgan fingerprint density at radius 2 is 1.51 bits per heavy atom. The van der Waals surface area contributed by atoms with Crippen LogP contribution in [0.2, 0.25) is 0 Å². The van der Waals surface area contributed by atoms with Crippen LogP contribution in [0.25, 0.3) is 0 Å². The van der Waals surface area contributed by atoms with Gasteiger partial charge in [0.2, 0.25) is 15.9 Å². The minimum absolute atomic E-state index is 0.0312. The summed E-state index contributed by atoms with van der Waals surface area (Å²) in [6.45, 7) is 3.04. The Labute approximate surface area is 245 Å². The van der Waals surface area contributed by atoms with Gasteiger partial charge in [0.25, 0.3) is 0 Å². The summed E-state index contributed by atoms with van der Waals surface area (Å²) in [6, 6.07) is 7.21. The summed E-state index contributed by atoms with van der Waals surface area (Å²) in [5.41, 5.74) is -2.34. The molecule has 1 N–H and O–H groups in total. The van der Waals surface area contributed by atoms with Crippen LogP contribution in [-0.4, -0.2) is 51.2 Å². The highest BCUT2D eigenvalue weighted by molar-refractivity contribution is 7.89. The first-order valence-corrected chi connectivity index (χ1v) is 15.7. The second kappa shape index (κ2) is 12.7. The quantitative estimate of drug-likeness (QED) is 0.344. The number of ether oxygens (including phenoxy) is 1. The van der Waals surface area contributed by atoms with Gasteiger partial charge >= 0.3 is 12.4 Å². The van der Waals surface area contributed by atoms with Gasteiger partial charge < -0.3 is 9.64 Å². The molecule has 0 bridgehead atoms. The van der Waals surface area contributed by atoms with E-state index in [1.807, 2.05) is 4.72 Å². The molecular weight excluding hydrogens is 605 g/mol. The number of carbonyl (C=O) groups is 1. The summed E-state index contributed by atoms with van der Waals surface area (Å²) in [7, 11) is -3.67. The van der Waals surface area contributed by atoms with Crippen LogP contribution in [0.4, 0.5) is 30.7 Å². The van der Waals surface area contributed by atoms with Crippen molar-refractivity contribution in [1.29, 1.82) is 0 Å². The Balaban J connectivity index is 1.51. The molecule has 43 heavy (non-hydrogen) atoms. The van der Waals surface area contributed by atoms with E-state index in [4.69, 9.17) is 4.74 Å². The molecular formula is C29H33F7N2O4S. The highest BCUT2D eigenvalue weighted by Gasteiger charge is 2.41. The van der Waals surface area contributed by atoms with Crippen molar-refractivity contribution < 1.29 is 48.7 Å². The number of benzene rings is 2. The van der Waals surface area contributed by atoms with Crippen molar-refractivity contribution >= 4 is 15.9 Å². The van der Waals surface area contributed by atoms with E-state index in [0.29, 0.717) is 57.5 Å². The van der Waals surface area contributed by atoms with E-state index >= 15 is 0 Å². The highest BCUT2D eigenvalue weighted by Crippen LogP contribution is 2.45. The Morgan fingerprint density at radius 3 is 2.02 bits per heavy atom. The van der Waals surface area contributed by atoms with Gasteiger partial charge in [0.05, 0.1) is 29.6 Å². The van der Waals surface area contributed by atoms with Crippen LogP contribution in [0.15, 0.2) is 42.5 Å². The van der Waals surface area contributed by atoms with Gasteiger partial charge in [-0.2, -0.15) is 26.3 Å². The van der Waals surface area contributed by atoms with Crippen LogP contribution in [0.3, 0.4) is 0 Å². The number of piperidine rings is 1. The molecule has 2 aromatic rings. The Hall–Kier alpha value is -2.71. The van der Waals surface area contributed by atoms with Gasteiger partial charge in [-0.1, -0.05) is 12.1 Å². The lowest BCUT2D eigenvalue weighted by Crippen LogP contribution is -2.43. The van der Waals surface area contributed by atoms with E-state index in [9.17, 15) is 43.9 Å². The van der Waals surface area contributed by atoms with Gasteiger partial charge in [-0.15, -0.1) is 0 Å². The van der Waals surface area contributed by atoms with Crippen LogP contribution in [0.5, 0.6) is 0 Å². The summed E-state index contributed by atoms with van der Waals surface area (Å²) in [5, 5.41) is 0. The number of hydrogen-bond acceptors (Lipinski definition) is 5. The maximum atomic E-state index is 13.8. The Kier molecular flexibility index (Phi) is 9.82. The fraction of sp³-hybridized carbons (Fsp3) is 0.552. The van der Waals surface area contributed by atoms with Crippen molar-refractivity contribution in [2.45, 2.75) is 63.1 Å². The normalized spacial score (nSPS) is 23.3. The Morgan fingerprint density at radius 1 is 0.953 bits per heavy atom. The zero-order chi connectivity index (χ0) is 31.7. The fourth-order valence-corrected chi connectivity index (χ4v) is 6.63. The van der Waals surface area contributed by atoms with Gasteiger partial charge in [-0.3, -0.25) is 9.52 Å². The summed E-state index contributed by atoms with van der Waals surface area (Å²) in [5.74, 6) is -1.80. The summed E-state index contributed by atoms with van der Waals surface area (Å²) >= 11 is 0. The number of amides is 1. The number of nitrogens with one attached hydrogen (secondary N) is 1. The molecule has 1 heterocycles. The van der Waals surface area contributed by atoms with Crippen molar-refractivity contribution in [2.24, 2.45) is 11.8 Å². The number of hydrogen-bond donors (Lipinski definition) is 1. The van der Waals surface area contributed by atoms with Crippen molar-refractivity contribution in [3.8, 4) is 0 Å². The molecule has 6 nitrogen and oxygen atoms in total. The lowest BCUT2D eigenvalue weighted by molar-refractivity contribution is -0.143. The van der Waals surface area contributed by atoms with Crippen LogP contribution in [0.1, 0.15) is 66.9 Å². The largest absolute Gasteiger partial charge is 0.416 e. The molecule has 0 spiro atoms. The zero-order valence-corrected chi connectivity index (χ0v) is 24.3. The molecule has 238 valence electrons. The SMILES string of the molecule is C[C@H](OC1CCC(CN2CCC(C(=O)NS(C)(=O)=O)CC2)C1c1ccc(F)cc1)c1cc(C(F)(F)F)cc(C(F)(F)F)c1. The number of halogens is 7. The molecule has 1 amide bonds. The van der Waals surface area contributed by atoms with Crippen molar-refractivity contribution in [2.75, 3.05) is 25.9 Å². The zero-order valence-electron chi connectivity index (χ0n) is 23.5. The third-order valence-electron chi connectivity index (χ3n) is 8.18. The van der Waals surface area contributed by atoms with E-state index in [-0.39, 0.29) is 23.5 Å². The second-order valence-electron chi connectivity index (χ2n) is 11.4. The van der Waals surface area contributed by atoms with E-state index in [0.717, 1.165) is 11.8 Å². The van der Waals surface area contributed by atoms with E-state index in [2.05, 4.69) is 4.90 Å². The van der Waals surface area contributed by atoms with Gasteiger partial charge in [0.1, 0.15) is 5.82 Å². The number of alkyl halides is 6. The average Bonchev–Trinajstić information content (AvgIpc) is 3.28. The maximum Gasteiger partial charge on any atom is 0.416 e. The first kappa shape index (κ1) is 33.2. The third kappa shape index (κ3) is 8.69. The molecule has 4 atom stereocenters. The van der Waals surface area contributed by atoms with Crippen molar-refractivity contribution in [1.82, 2.24) is 9.62 Å².